The van der Waals surface area contributed by atoms with Gasteiger partial charge >= 0.3 is 0 Å². The van der Waals surface area contributed by atoms with Gasteiger partial charge in [-0.2, -0.15) is 5.26 Å². The van der Waals surface area contributed by atoms with Gasteiger partial charge in [0.15, 0.2) is 0 Å². The summed E-state index contributed by atoms with van der Waals surface area (Å²) in [6.45, 7) is 6.32. The van der Waals surface area contributed by atoms with Crippen LogP contribution in [-0.2, 0) is 6.54 Å². The van der Waals surface area contributed by atoms with Gasteiger partial charge in [0.05, 0.1) is 11.6 Å². The Balaban J connectivity index is 2.71. The normalized spacial score (nSPS) is 12.5. The van der Waals surface area contributed by atoms with Gasteiger partial charge in [0.1, 0.15) is 11.6 Å². The molecule has 0 aliphatic rings. The van der Waals surface area contributed by atoms with Crippen molar-refractivity contribution in [3.05, 3.63) is 34.9 Å². The molecule has 0 aromatic heterocycles. The Morgan fingerprint density at radius 3 is 2.22 bits per heavy atom. The van der Waals surface area contributed by atoms with Crippen molar-refractivity contribution in [2.45, 2.75) is 39.8 Å². The van der Waals surface area contributed by atoms with E-state index in [1.807, 2.05) is 6.92 Å². The fourth-order valence-corrected chi connectivity index (χ4v) is 1.90. The summed E-state index contributed by atoms with van der Waals surface area (Å²) in [6.07, 6.45) is 0.944. The number of nitrogens with one attached hydrogen (secondary N) is 1. The molecule has 98 valence electrons. The van der Waals surface area contributed by atoms with Gasteiger partial charge < -0.3 is 5.32 Å². The van der Waals surface area contributed by atoms with E-state index < -0.39 is 11.6 Å². The Morgan fingerprint density at radius 1 is 1.22 bits per heavy atom. The smallest absolute Gasteiger partial charge is 0.131 e. The van der Waals surface area contributed by atoms with E-state index in [4.69, 9.17) is 5.26 Å². The molecule has 4 heteroatoms. The number of halogens is 2. The number of hydrogen-bond acceptors (Lipinski definition) is 2. The predicted molar refractivity (Wildman–Crippen MR) is 66.8 cm³/mol. The largest absolute Gasteiger partial charge is 0.310 e. The van der Waals surface area contributed by atoms with Gasteiger partial charge in [0.25, 0.3) is 0 Å². The third-order valence-corrected chi connectivity index (χ3v) is 2.72. The van der Waals surface area contributed by atoms with Crippen LogP contribution in [0.1, 0.15) is 38.3 Å². The molecule has 1 aromatic rings. The lowest BCUT2D eigenvalue weighted by molar-refractivity contribution is 0.430. The third-order valence-electron chi connectivity index (χ3n) is 2.72. The second kappa shape index (κ2) is 6.46. The highest BCUT2D eigenvalue weighted by atomic mass is 19.1. The van der Waals surface area contributed by atoms with Crippen molar-refractivity contribution in [1.82, 2.24) is 5.32 Å². The highest BCUT2D eigenvalue weighted by molar-refractivity contribution is 5.34. The average molecular weight is 252 g/mol. The van der Waals surface area contributed by atoms with E-state index >= 15 is 0 Å². The minimum absolute atomic E-state index is 0.00368. The van der Waals surface area contributed by atoms with E-state index in [0.29, 0.717) is 5.92 Å². The lowest BCUT2D eigenvalue weighted by Crippen LogP contribution is -2.27. The summed E-state index contributed by atoms with van der Waals surface area (Å²) in [5.74, 6) is -0.810. The highest BCUT2D eigenvalue weighted by Gasteiger charge is 2.12. The van der Waals surface area contributed by atoms with Crippen molar-refractivity contribution in [3.8, 4) is 6.07 Å². The molecule has 1 atom stereocenters. The molecular weight excluding hydrogens is 234 g/mol. The van der Waals surface area contributed by atoms with Crippen LogP contribution in [0.3, 0.4) is 0 Å². The summed E-state index contributed by atoms with van der Waals surface area (Å²) in [4.78, 5) is 0. The number of nitriles is 1. The van der Waals surface area contributed by atoms with E-state index in [-0.39, 0.29) is 23.7 Å². The van der Waals surface area contributed by atoms with Gasteiger partial charge in [-0.1, -0.05) is 13.8 Å². The molecule has 0 aliphatic heterocycles. The van der Waals surface area contributed by atoms with Crippen LogP contribution < -0.4 is 5.32 Å². The molecule has 1 N–H and O–H groups in total. The maximum absolute atomic E-state index is 13.6. The van der Waals surface area contributed by atoms with E-state index in [9.17, 15) is 8.78 Å². The van der Waals surface area contributed by atoms with Gasteiger partial charge in [-0.25, -0.2) is 8.78 Å². The Kier molecular flexibility index (Phi) is 5.24. The zero-order chi connectivity index (χ0) is 13.7. The van der Waals surface area contributed by atoms with Gasteiger partial charge in [-0.3, -0.25) is 0 Å². The second-order valence-electron chi connectivity index (χ2n) is 4.94. The molecule has 0 bridgehead atoms. The summed E-state index contributed by atoms with van der Waals surface area (Å²) in [5.41, 5.74) is -0.00594. The number of hydrogen-bond donors (Lipinski definition) is 1. The molecule has 18 heavy (non-hydrogen) atoms. The maximum atomic E-state index is 13.6. The van der Waals surface area contributed by atoms with Gasteiger partial charge in [0, 0.05) is 18.2 Å². The van der Waals surface area contributed by atoms with Crippen LogP contribution in [0.25, 0.3) is 0 Å². The Labute approximate surface area is 107 Å². The van der Waals surface area contributed by atoms with E-state index in [1.54, 1.807) is 6.07 Å². The zero-order valence-corrected chi connectivity index (χ0v) is 10.9. The number of nitrogens with zero attached hydrogens (tertiary/aromatic N) is 1. The average Bonchev–Trinajstić information content (AvgIpc) is 2.26. The molecule has 0 saturated carbocycles. The van der Waals surface area contributed by atoms with Crippen LogP contribution in [0.15, 0.2) is 12.1 Å². The van der Waals surface area contributed by atoms with Crippen LogP contribution >= 0.6 is 0 Å². The van der Waals surface area contributed by atoms with Crippen molar-refractivity contribution in [1.29, 1.82) is 5.26 Å². The molecule has 0 amide bonds. The standard InChI is InChI=1S/C14H18F2N2/c1-9(2)4-10(3)18-8-12-13(15)5-11(7-17)6-14(12)16/h5-6,9-10,18H,4,8H2,1-3H3. The van der Waals surface area contributed by atoms with Crippen molar-refractivity contribution in [3.63, 3.8) is 0 Å². The highest BCUT2D eigenvalue weighted by Crippen LogP contribution is 2.15. The quantitative estimate of drug-likeness (QED) is 0.872. The monoisotopic (exact) mass is 252 g/mol. The first-order valence-corrected chi connectivity index (χ1v) is 6.05. The van der Waals surface area contributed by atoms with Crippen molar-refractivity contribution in [2.24, 2.45) is 5.92 Å². The van der Waals surface area contributed by atoms with E-state index in [2.05, 4.69) is 19.2 Å². The first kappa shape index (κ1) is 14.6. The molecule has 1 aromatic carbocycles. The van der Waals surface area contributed by atoms with Crippen molar-refractivity contribution < 1.29 is 8.78 Å². The van der Waals surface area contributed by atoms with Crippen LogP contribution in [-0.4, -0.2) is 6.04 Å². The Morgan fingerprint density at radius 2 is 1.78 bits per heavy atom. The Hall–Kier alpha value is -1.47. The molecule has 0 spiro atoms. The molecule has 0 aliphatic carbocycles. The van der Waals surface area contributed by atoms with Crippen LogP contribution in [0, 0.1) is 28.9 Å². The fraction of sp³-hybridized carbons (Fsp3) is 0.500. The van der Waals surface area contributed by atoms with Gasteiger partial charge in [-0.15, -0.1) is 0 Å². The third kappa shape index (κ3) is 4.08. The lowest BCUT2D eigenvalue weighted by atomic mass is 10.0. The second-order valence-corrected chi connectivity index (χ2v) is 4.94. The fourth-order valence-electron chi connectivity index (χ4n) is 1.90. The summed E-state index contributed by atoms with van der Waals surface area (Å²) in [5, 5.41) is 11.7. The number of benzene rings is 1. The molecule has 1 unspecified atom stereocenters. The molecule has 2 nitrogen and oxygen atoms in total. The molecule has 0 heterocycles. The first-order chi connectivity index (χ1) is 8.43. The van der Waals surface area contributed by atoms with Crippen molar-refractivity contribution >= 4 is 0 Å². The minimum atomic E-state index is -0.671. The molecule has 0 fully saturated rings. The van der Waals surface area contributed by atoms with Crippen LogP contribution in [0.4, 0.5) is 8.78 Å². The van der Waals surface area contributed by atoms with E-state index in [1.165, 1.54) is 0 Å². The zero-order valence-electron chi connectivity index (χ0n) is 10.9. The Bertz CT molecular complexity index is 427. The summed E-state index contributed by atoms with van der Waals surface area (Å²) in [7, 11) is 0. The minimum Gasteiger partial charge on any atom is -0.310 e. The molecular formula is C14H18F2N2. The summed E-state index contributed by atoms with van der Waals surface area (Å²) >= 11 is 0. The lowest BCUT2D eigenvalue weighted by Gasteiger charge is -2.16. The van der Waals surface area contributed by atoms with Crippen LogP contribution in [0.5, 0.6) is 0 Å². The molecule has 1 rings (SSSR count). The number of rotatable bonds is 5. The van der Waals surface area contributed by atoms with Crippen LogP contribution in [0.2, 0.25) is 0 Å². The first-order valence-electron chi connectivity index (χ1n) is 6.05. The maximum Gasteiger partial charge on any atom is 0.131 e. The summed E-state index contributed by atoms with van der Waals surface area (Å²) in [6, 6.07) is 4.05. The molecule has 0 saturated heterocycles. The topological polar surface area (TPSA) is 35.8 Å². The SMILES string of the molecule is CC(C)CC(C)NCc1c(F)cc(C#N)cc1F. The van der Waals surface area contributed by atoms with E-state index in [0.717, 1.165) is 18.6 Å². The van der Waals surface area contributed by atoms with Gasteiger partial charge in [0.2, 0.25) is 0 Å². The molecule has 0 radical (unpaired) electrons. The van der Waals surface area contributed by atoms with Crippen molar-refractivity contribution in [2.75, 3.05) is 0 Å². The predicted octanol–water partition coefficient (Wildman–Crippen LogP) is 3.36. The van der Waals surface area contributed by atoms with Gasteiger partial charge in [-0.05, 0) is 31.4 Å². The summed E-state index contributed by atoms with van der Waals surface area (Å²) < 4.78 is 27.2.